The van der Waals surface area contributed by atoms with Gasteiger partial charge in [-0.3, -0.25) is 0 Å². The van der Waals surface area contributed by atoms with E-state index in [9.17, 15) is 5.26 Å². The van der Waals surface area contributed by atoms with E-state index in [1.165, 1.54) is 145 Å². The van der Waals surface area contributed by atoms with E-state index in [4.69, 9.17) is 9.97 Å². The van der Waals surface area contributed by atoms with Crippen LogP contribution in [-0.4, -0.2) is 9.97 Å². The molecule has 1 heterocycles. The molecule has 0 unspecified atom stereocenters. The molecule has 0 aliphatic heterocycles. The van der Waals surface area contributed by atoms with Gasteiger partial charge in [0.25, 0.3) is 0 Å². The maximum absolute atomic E-state index is 9.57. The number of rotatable bonds is 17. The number of hydrogen-bond donors (Lipinski definition) is 0. The molecule has 59 heavy (non-hydrogen) atoms. The van der Waals surface area contributed by atoms with Gasteiger partial charge in [-0.05, 0) is 125 Å². The minimum absolute atomic E-state index is 0.0202. The van der Waals surface area contributed by atoms with E-state index in [0.29, 0.717) is 11.4 Å². The highest BCUT2D eigenvalue weighted by molar-refractivity contribution is 6.00. The van der Waals surface area contributed by atoms with E-state index in [1.807, 2.05) is 24.3 Å². The van der Waals surface area contributed by atoms with Crippen LogP contribution < -0.4 is 0 Å². The first-order chi connectivity index (χ1) is 28.9. The summed E-state index contributed by atoms with van der Waals surface area (Å²) in [4.78, 5) is 10.5. The molecule has 3 heteroatoms. The van der Waals surface area contributed by atoms with Crippen LogP contribution in [0.5, 0.6) is 0 Å². The Bertz CT molecular complexity index is 2610. The van der Waals surface area contributed by atoms with Crippen molar-refractivity contribution in [3.05, 3.63) is 143 Å². The minimum atomic E-state index is -0.0202. The Morgan fingerprint density at radius 3 is 1.59 bits per heavy atom. The van der Waals surface area contributed by atoms with Crippen molar-refractivity contribution < 1.29 is 0 Å². The molecule has 298 valence electrons. The summed E-state index contributed by atoms with van der Waals surface area (Å²) in [6, 6.07) is 44.5. The van der Waals surface area contributed by atoms with Gasteiger partial charge in [0, 0.05) is 22.1 Å². The van der Waals surface area contributed by atoms with Crippen molar-refractivity contribution in [3.63, 3.8) is 0 Å². The van der Waals surface area contributed by atoms with Gasteiger partial charge in [-0.2, -0.15) is 5.26 Å². The van der Waals surface area contributed by atoms with E-state index in [0.717, 1.165) is 28.1 Å². The second kappa shape index (κ2) is 18.1. The predicted octanol–water partition coefficient (Wildman–Crippen LogP) is 16.0. The molecule has 0 saturated carbocycles. The first-order valence-corrected chi connectivity index (χ1v) is 22.5. The molecule has 0 bridgehead atoms. The fraction of sp³-hybridized carbons (Fsp3) is 0.339. The van der Waals surface area contributed by atoms with Crippen LogP contribution in [0.15, 0.2) is 115 Å². The lowest BCUT2D eigenvalue weighted by Crippen LogP contribution is -2.25. The summed E-state index contributed by atoms with van der Waals surface area (Å²) >= 11 is 0. The third kappa shape index (κ3) is 8.60. The van der Waals surface area contributed by atoms with Gasteiger partial charge < -0.3 is 0 Å². The van der Waals surface area contributed by atoms with Crippen LogP contribution in [0.4, 0.5) is 0 Å². The third-order valence-electron chi connectivity index (χ3n) is 13.0. The zero-order valence-corrected chi connectivity index (χ0v) is 35.7. The molecule has 1 aliphatic carbocycles. The fourth-order valence-corrected chi connectivity index (χ4v) is 9.69. The molecule has 0 atom stereocenters. The largest absolute Gasteiger partial charge is 0.228 e. The topological polar surface area (TPSA) is 49.6 Å². The fourth-order valence-electron chi connectivity index (χ4n) is 9.69. The number of hydrogen-bond acceptors (Lipinski definition) is 3. The molecule has 0 N–H and O–H groups in total. The van der Waals surface area contributed by atoms with Crippen LogP contribution in [0.3, 0.4) is 0 Å². The zero-order valence-electron chi connectivity index (χ0n) is 35.7. The van der Waals surface area contributed by atoms with Crippen molar-refractivity contribution in [2.24, 2.45) is 0 Å². The molecule has 0 fully saturated rings. The van der Waals surface area contributed by atoms with Crippen molar-refractivity contribution in [1.29, 1.82) is 5.26 Å². The Hall–Kier alpha value is -5.59. The molecule has 0 spiro atoms. The molecule has 0 radical (unpaired) electrons. The van der Waals surface area contributed by atoms with Crippen molar-refractivity contribution in [2.75, 3.05) is 0 Å². The summed E-state index contributed by atoms with van der Waals surface area (Å²) < 4.78 is 0. The third-order valence-corrected chi connectivity index (χ3v) is 13.0. The number of nitriles is 1. The maximum Gasteiger partial charge on any atom is 0.160 e. The van der Waals surface area contributed by atoms with Crippen molar-refractivity contribution in [1.82, 2.24) is 9.97 Å². The zero-order chi connectivity index (χ0) is 40.8. The van der Waals surface area contributed by atoms with Gasteiger partial charge in [0.15, 0.2) is 5.82 Å². The molecule has 1 aromatic heterocycles. The van der Waals surface area contributed by atoms with Crippen LogP contribution in [0.2, 0.25) is 0 Å². The summed E-state index contributed by atoms with van der Waals surface area (Å²) in [5.74, 6) is 0.668. The van der Waals surface area contributed by atoms with Gasteiger partial charge in [0.1, 0.15) is 0 Å². The number of aryl methyl sites for hydroxylation is 2. The van der Waals surface area contributed by atoms with Crippen molar-refractivity contribution in [3.8, 4) is 51.1 Å². The van der Waals surface area contributed by atoms with Gasteiger partial charge in [-0.15, -0.1) is 0 Å². The number of aromatic nitrogens is 2. The highest BCUT2D eigenvalue weighted by atomic mass is 14.9. The highest BCUT2D eigenvalue weighted by Crippen LogP contribution is 2.55. The lowest BCUT2D eigenvalue weighted by atomic mass is 9.70. The molecule has 1 aliphatic rings. The first-order valence-electron chi connectivity index (χ1n) is 22.5. The van der Waals surface area contributed by atoms with Gasteiger partial charge in [-0.1, -0.05) is 163 Å². The second-order valence-corrected chi connectivity index (χ2v) is 17.3. The molecular weight excluding hydrogens is 715 g/mol. The van der Waals surface area contributed by atoms with E-state index in [2.05, 4.69) is 125 Å². The number of nitrogens with zero attached hydrogens (tertiary/aromatic N) is 3. The van der Waals surface area contributed by atoms with Gasteiger partial charge >= 0.3 is 0 Å². The average Bonchev–Trinajstić information content (AvgIpc) is 3.52. The van der Waals surface area contributed by atoms with E-state index in [1.54, 1.807) is 0 Å². The Morgan fingerprint density at radius 2 is 0.949 bits per heavy atom. The van der Waals surface area contributed by atoms with E-state index >= 15 is 0 Å². The summed E-state index contributed by atoms with van der Waals surface area (Å²) in [7, 11) is 0. The van der Waals surface area contributed by atoms with Crippen molar-refractivity contribution in [2.45, 2.75) is 123 Å². The Morgan fingerprint density at radius 1 is 0.458 bits per heavy atom. The monoisotopic (exact) mass is 773 g/mol. The SMILES string of the molecule is CCCCCCCCC1(CCCCCCCC)c2cc(C)ccc2-c2ccc(-c3cc(-c4ccc5cc6cc(C)ccc6cc5c4)nc(-c4ccc(C#N)cc4)n3)cc21. The predicted molar refractivity (Wildman–Crippen MR) is 250 cm³/mol. The van der Waals surface area contributed by atoms with Crippen LogP contribution in [0, 0.1) is 25.2 Å². The van der Waals surface area contributed by atoms with E-state index in [-0.39, 0.29) is 5.41 Å². The lowest BCUT2D eigenvalue weighted by Gasteiger charge is -2.33. The molecule has 8 rings (SSSR count). The van der Waals surface area contributed by atoms with Gasteiger partial charge in [-0.25, -0.2) is 9.97 Å². The van der Waals surface area contributed by atoms with E-state index < -0.39 is 0 Å². The normalized spacial score (nSPS) is 12.8. The van der Waals surface area contributed by atoms with Gasteiger partial charge in [0.05, 0.1) is 23.0 Å². The summed E-state index contributed by atoms with van der Waals surface area (Å²) in [5.41, 5.74) is 13.9. The molecule has 6 aromatic carbocycles. The second-order valence-electron chi connectivity index (χ2n) is 17.3. The molecule has 7 aromatic rings. The van der Waals surface area contributed by atoms with Crippen LogP contribution in [0.1, 0.15) is 132 Å². The van der Waals surface area contributed by atoms with Crippen LogP contribution in [0.25, 0.3) is 66.6 Å². The Labute approximate surface area is 352 Å². The molecule has 0 amide bonds. The Balaban J connectivity index is 1.24. The first kappa shape index (κ1) is 40.2. The van der Waals surface area contributed by atoms with Crippen molar-refractivity contribution >= 4 is 21.5 Å². The minimum Gasteiger partial charge on any atom is -0.228 e. The summed E-state index contributed by atoms with van der Waals surface area (Å²) in [6.45, 7) is 9.02. The molecular formula is C56H59N3. The maximum atomic E-state index is 9.57. The van der Waals surface area contributed by atoms with Crippen LogP contribution in [-0.2, 0) is 5.41 Å². The quantitative estimate of drug-likeness (QED) is 0.0684. The molecule has 0 saturated heterocycles. The smallest absolute Gasteiger partial charge is 0.160 e. The standard InChI is InChI=1S/C56H59N3/c1-5-7-9-11-13-15-29-56(30-16-14-12-10-8-6-2)51-32-40(4)18-27-49(51)50-28-26-46(36-52(50)56)54-37-53(58-55(59-54)42-22-19-41(38-57)20-23-42)45-25-24-44-33-47-31-39(3)17-21-43(47)34-48(44)35-45/h17-28,31-37H,5-16,29-30H2,1-4H3. The molecule has 3 nitrogen and oxygen atoms in total. The average molecular weight is 774 g/mol. The summed E-state index contributed by atoms with van der Waals surface area (Å²) in [6.07, 6.45) is 18.0. The number of benzene rings is 6. The summed E-state index contributed by atoms with van der Waals surface area (Å²) in [5, 5.41) is 14.5. The number of fused-ring (bicyclic) bond motifs is 5. The Kier molecular flexibility index (Phi) is 12.4. The lowest BCUT2D eigenvalue weighted by molar-refractivity contribution is 0.398. The highest BCUT2D eigenvalue weighted by Gasteiger charge is 2.42. The van der Waals surface area contributed by atoms with Gasteiger partial charge in [0.2, 0.25) is 0 Å². The van der Waals surface area contributed by atoms with Crippen LogP contribution >= 0.6 is 0 Å². The number of unbranched alkanes of at least 4 members (excludes halogenated alkanes) is 10.